The van der Waals surface area contributed by atoms with Crippen molar-refractivity contribution >= 4 is 0 Å². The summed E-state index contributed by atoms with van der Waals surface area (Å²) in [5.74, 6) is 0.754. The predicted octanol–water partition coefficient (Wildman–Crippen LogP) is 4.11. The summed E-state index contributed by atoms with van der Waals surface area (Å²) in [4.78, 5) is 0. The Balaban J connectivity index is 2.59. The van der Waals surface area contributed by atoms with Crippen LogP contribution in [-0.4, -0.2) is 0 Å². The van der Waals surface area contributed by atoms with Crippen molar-refractivity contribution in [3.63, 3.8) is 0 Å². The summed E-state index contributed by atoms with van der Waals surface area (Å²) in [6, 6.07) is 0. The van der Waals surface area contributed by atoms with Crippen molar-refractivity contribution in [2.45, 2.75) is 33.6 Å². The first-order valence-electron chi connectivity index (χ1n) is 5.07. The van der Waals surface area contributed by atoms with Crippen LogP contribution in [0.4, 0.5) is 0 Å². The molecule has 0 aromatic heterocycles. The maximum Gasteiger partial charge on any atom is 0.00679 e. The van der Waals surface area contributed by atoms with Crippen molar-refractivity contribution in [2.24, 2.45) is 11.3 Å². The summed E-state index contributed by atoms with van der Waals surface area (Å²) in [6.45, 7) is 10.6. The van der Waals surface area contributed by atoms with Crippen LogP contribution in [0.3, 0.4) is 0 Å². The van der Waals surface area contributed by atoms with Gasteiger partial charge in [-0.2, -0.15) is 0 Å². The van der Waals surface area contributed by atoms with Crippen LogP contribution in [0.5, 0.6) is 0 Å². The van der Waals surface area contributed by atoms with Gasteiger partial charge < -0.3 is 0 Å². The van der Waals surface area contributed by atoms with E-state index in [2.05, 4.69) is 45.6 Å². The monoisotopic (exact) mass is 176 g/mol. The van der Waals surface area contributed by atoms with Crippen molar-refractivity contribution in [1.29, 1.82) is 0 Å². The fraction of sp³-hybridized carbons (Fsp3) is 0.538. The second-order valence-electron chi connectivity index (χ2n) is 4.62. The van der Waals surface area contributed by atoms with Gasteiger partial charge in [-0.15, -0.1) is 6.58 Å². The number of allylic oxidation sites excluding steroid dienone is 5. The summed E-state index contributed by atoms with van der Waals surface area (Å²) >= 11 is 0. The van der Waals surface area contributed by atoms with Gasteiger partial charge in [-0.3, -0.25) is 0 Å². The molecule has 0 heteroatoms. The van der Waals surface area contributed by atoms with Crippen LogP contribution in [0.25, 0.3) is 0 Å². The van der Waals surface area contributed by atoms with E-state index >= 15 is 0 Å². The molecule has 0 amide bonds. The third-order valence-electron chi connectivity index (χ3n) is 2.59. The summed E-state index contributed by atoms with van der Waals surface area (Å²) in [5.41, 5.74) is 1.68. The normalized spacial score (nSPS) is 27.5. The third kappa shape index (κ3) is 2.87. The fourth-order valence-corrected chi connectivity index (χ4v) is 1.56. The summed E-state index contributed by atoms with van der Waals surface area (Å²) in [5, 5.41) is 0. The molecule has 0 saturated heterocycles. The van der Waals surface area contributed by atoms with Gasteiger partial charge in [0.2, 0.25) is 0 Å². The van der Waals surface area contributed by atoms with Crippen LogP contribution in [-0.2, 0) is 0 Å². The van der Waals surface area contributed by atoms with Crippen LogP contribution in [0, 0.1) is 11.3 Å². The molecule has 0 saturated carbocycles. The molecule has 1 rings (SSSR count). The predicted molar refractivity (Wildman–Crippen MR) is 59.6 cm³/mol. The molecule has 0 bridgehead atoms. The zero-order valence-corrected chi connectivity index (χ0v) is 9.01. The molecule has 1 aliphatic rings. The van der Waals surface area contributed by atoms with Gasteiger partial charge in [0.05, 0.1) is 0 Å². The van der Waals surface area contributed by atoms with E-state index in [0.29, 0.717) is 0 Å². The second-order valence-corrected chi connectivity index (χ2v) is 4.62. The largest absolute Gasteiger partial charge is 0.102 e. The van der Waals surface area contributed by atoms with Gasteiger partial charge in [-0.1, -0.05) is 50.6 Å². The molecular weight excluding hydrogens is 156 g/mol. The van der Waals surface area contributed by atoms with E-state index in [1.54, 1.807) is 0 Å². The Morgan fingerprint density at radius 3 is 2.69 bits per heavy atom. The average molecular weight is 176 g/mol. The first kappa shape index (κ1) is 10.3. The first-order valence-corrected chi connectivity index (χ1v) is 5.07. The van der Waals surface area contributed by atoms with E-state index in [4.69, 9.17) is 0 Å². The Morgan fingerprint density at radius 1 is 1.62 bits per heavy atom. The van der Waals surface area contributed by atoms with Gasteiger partial charge in [0, 0.05) is 5.41 Å². The molecule has 0 aliphatic heterocycles. The average Bonchev–Trinajstić information content (AvgIpc) is 2.09. The lowest BCUT2D eigenvalue weighted by Gasteiger charge is -2.24. The SMILES string of the molecule is C=CC1(C)C=CC(CC(C)C)=CC1. The quantitative estimate of drug-likeness (QED) is 0.568. The van der Waals surface area contributed by atoms with Crippen molar-refractivity contribution < 1.29 is 0 Å². The van der Waals surface area contributed by atoms with Crippen molar-refractivity contribution in [2.75, 3.05) is 0 Å². The molecule has 0 N–H and O–H groups in total. The summed E-state index contributed by atoms with van der Waals surface area (Å²) in [7, 11) is 0. The number of hydrogen-bond donors (Lipinski definition) is 0. The van der Waals surface area contributed by atoms with Crippen LogP contribution in [0.1, 0.15) is 33.6 Å². The van der Waals surface area contributed by atoms with E-state index < -0.39 is 0 Å². The fourth-order valence-electron chi connectivity index (χ4n) is 1.56. The Hall–Kier alpha value is -0.780. The highest BCUT2D eigenvalue weighted by Crippen LogP contribution is 2.31. The molecule has 1 unspecified atom stereocenters. The molecular formula is C13H20. The lowest BCUT2D eigenvalue weighted by molar-refractivity contribution is 0.546. The Labute approximate surface area is 82.0 Å². The molecule has 1 aliphatic carbocycles. The van der Waals surface area contributed by atoms with Gasteiger partial charge in [0.15, 0.2) is 0 Å². The Bertz CT molecular complexity index is 243. The van der Waals surface area contributed by atoms with E-state index in [9.17, 15) is 0 Å². The van der Waals surface area contributed by atoms with Gasteiger partial charge in [0.25, 0.3) is 0 Å². The Morgan fingerprint density at radius 2 is 2.31 bits per heavy atom. The zero-order valence-electron chi connectivity index (χ0n) is 9.01. The van der Waals surface area contributed by atoms with Crippen LogP contribution >= 0.6 is 0 Å². The molecule has 0 nitrogen and oxygen atoms in total. The standard InChI is InChI=1S/C13H20/c1-5-13(4)8-6-12(7-9-13)10-11(2)3/h5-8,11H,1,9-10H2,2-4H3. The highest BCUT2D eigenvalue weighted by molar-refractivity contribution is 5.28. The van der Waals surface area contributed by atoms with Crippen molar-refractivity contribution in [3.05, 3.63) is 36.5 Å². The minimum Gasteiger partial charge on any atom is -0.102 e. The molecule has 1 atom stereocenters. The van der Waals surface area contributed by atoms with E-state index in [-0.39, 0.29) is 5.41 Å². The van der Waals surface area contributed by atoms with E-state index in [1.807, 2.05) is 6.08 Å². The molecule has 0 aromatic carbocycles. The first-order chi connectivity index (χ1) is 6.06. The lowest BCUT2D eigenvalue weighted by Crippen LogP contribution is -2.11. The highest BCUT2D eigenvalue weighted by atomic mass is 14.2. The molecule has 13 heavy (non-hydrogen) atoms. The molecule has 0 radical (unpaired) electrons. The van der Waals surface area contributed by atoms with Crippen LogP contribution < -0.4 is 0 Å². The molecule has 72 valence electrons. The van der Waals surface area contributed by atoms with Crippen LogP contribution in [0.2, 0.25) is 0 Å². The van der Waals surface area contributed by atoms with Gasteiger partial charge in [0.1, 0.15) is 0 Å². The highest BCUT2D eigenvalue weighted by Gasteiger charge is 2.18. The smallest absolute Gasteiger partial charge is 0.00679 e. The minimum atomic E-state index is 0.195. The van der Waals surface area contributed by atoms with Crippen molar-refractivity contribution in [1.82, 2.24) is 0 Å². The Kier molecular flexibility index (Phi) is 3.13. The molecule has 0 aromatic rings. The minimum absolute atomic E-state index is 0.195. The third-order valence-corrected chi connectivity index (χ3v) is 2.59. The summed E-state index contributed by atoms with van der Waals surface area (Å²) < 4.78 is 0. The molecule has 0 spiro atoms. The molecule has 0 fully saturated rings. The topological polar surface area (TPSA) is 0 Å². The lowest BCUT2D eigenvalue weighted by atomic mass is 9.81. The maximum absolute atomic E-state index is 3.86. The zero-order chi connectivity index (χ0) is 9.90. The molecule has 0 heterocycles. The van der Waals surface area contributed by atoms with Crippen LogP contribution in [0.15, 0.2) is 36.5 Å². The van der Waals surface area contributed by atoms with E-state index in [1.165, 1.54) is 12.0 Å². The van der Waals surface area contributed by atoms with Gasteiger partial charge in [-0.25, -0.2) is 0 Å². The summed E-state index contributed by atoms with van der Waals surface area (Å²) in [6.07, 6.45) is 11.2. The van der Waals surface area contributed by atoms with Crippen molar-refractivity contribution in [3.8, 4) is 0 Å². The number of rotatable bonds is 3. The maximum atomic E-state index is 3.86. The van der Waals surface area contributed by atoms with E-state index in [0.717, 1.165) is 12.3 Å². The number of hydrogen-bond acceptors (Lipinski definition) is 0. The van der Waals surface area contributed by atoms with Gasteiger partial charge in [-0.05, 0) is 18.8 Å². The second kappa shape index (κ2) is 3.95. The van der Waals surface area contributed by atoms with Gasteiger partial charge >= 0.3 is 0 Å².